The molecule has 82 valence electrons. The third-order valence-corrected chi connectivity index (χ3v) is 2.96. The summed E-state index contributed by atoms with van der Waals surface area (Å²) >= 11 is 0. The van der Waals surface area contributed by atoms with Gasteiger partial charge < -0.3 is 5.73 Å². The molecule has 2 rings (SSSR count). The molecule has 1 aromatic carbocycles. The fraction of sp³-hybridized carbons (Fsp3) is 0.250. The number of nitrogens with zero attached hydrogens (tertiary/aromatic N) is 3. The lowest BCUT2D eigenvalue weighted by atomic mass is 9.97. The Kier molecular flexibility index (Phi) is 2.56. The molecule has 0 amide bonds. The van der Waals surface area contributed by atoms with Crippen molar-refractivity contribution < 1.29 is 0 Å². The van der Waals surface area contributed by atoms with Gasteiger partial charge in [-0.25, -0.2) is 4.98 Å². The summed E-state index contributed by atoms with van der Waals surface area (Å²) in [6.45, 7) is 6.24. The van der Waals surface area contributed by atoms with Gasteiger partial charge >= 0.3 is 0 Å². The van der Waals surface area contributed by atoms with Gasteiger partial charge in [-0.05, 0) is 37.5 Å². The Balaban J connectivity index is 2.66. The maximum absolute atomic E-state index is 5.80. The Bertz CT molecular complexity index is 535. The van der Waals surface area contributed by atoms with Crippen LogP contribution in [-0.4, -0.2) is 15.2 Å². The summed E-state index contributed by atoms with van der Waals surface area (Å²) in [5.74, 6) is 0.418. The minimum atomic E-state index is 0.418. The molecule has 1 heterocycles. The lowest BCUT2D eigenvalue weighted by Gasteiger charge is -2.10. The zero-order chi connectivity index (χ0) is 11.7. The lowest BCUT2D eigenvalue weighted by molar-refractivity contribution is 0.981. The first-order chi connectivity index (χ1) is 7.61. The van der Waals surface area contributed by atoms with Gasteiger partial charge in [-0.1, -0.05) is 12.1 Å². The quantitative estimate of drug-likeness (QED) is 0.789. The van der Waals surface area contributed by atoms with Crippen molar-refractivity contribution in [2.45, 2.75) is 20.8 Å². The first kappa shape index (κ1) is 10.5. The van der Waals surface area contributed by atoms with Crippen LogP contribution >= 0.6 is 0 Å². The minimum Gasteiger partial charge on any atom is -0.382 e. The van der Waals surface area contributed by atoms with E-state index in [1.54, 1.807) is 0 Å². The topological polar surface area (TPSA) is 64.7 Å². The molecule has 0 atom stereocenters. The van der Waals surface area contributed by atoms with Crippen molar-refractivity contribution in [3.8, 4) is 11.3 Å². The van der Waals surface area contributed by atoms with Crippen LogP contribution in [0.5, 0.6) is 0 Å². The molecule has 0 unspecified atom stereocenters. The Morgan fingerprint density at radius 1 is 1.06 bits per heavy atom. The smallest absolute Gasteiger partial charge is 0.153 e. The maximum Gasteiger partial charge on any atom is 0.153 e. The molecule has 4 heteroatoms. The molecule has 0 saturated heterocycles. The van der Waals surface area contributed by atoms with E-state index >= 15 is 0 Å². The van der Waals surface area contributed by atoms with Crippen molar-refractivity contribution in [3.63, 3.8) is 0 Å². The number of hydrogen-bond acceptors (Lipinski definition) is 4. The van der Waals surface area contributed by atoms with E-state index < -0.39 is 0 Å². The second-order valence-corrected chi connectivity index (χ2v) is 3.87. The first-order valence-electron chi connectivity index (χ1n) is 5.11. The van der Waals surface area contributed by atoms with Crippen LogP contribution in [0.15, 0.2) is 18.5 Å². The summed E-state index contributed by atoms with van der Waals surface area (Å²) in [7, 11) is 0. The highest BCUT2D eigenvalue weighted by Crippen LogP contribution is 2.27. The van der Waals surface area contributed by atoms with Crippen LogP contribution in [0.25, 0.3) is 11.3 Å². The number of hydrogen-bond donors (Lipinski definition) is 1. The number of aromatic nitrogens is 3. The van der Waals surface area contributed by atoms with Gasteiger partial charge in [0.2, 0.25) is 0 Å². The molecule has 2 aromatic rings. The van der Waals surface area contributed by atoms with E-state index in [0.717, 1.165) is 5.56 Å². The largest absolute Gasteiger partial charge is 0.382 e. The van der Waals surface area contributed by atoms with E-state index in [9.17, 15) is 0 Å². The molecule has 0 aliphatic carbocycles. The first-order valence-corrected chi connectivity index (χ1v) is 5.11. The monoisotopic (exact) mass is 214 g/mol. The van der Waals surface area contributed by atoms with Crippen molar-refractivity contribution in [3.05, 3.63) is 35.2 Å². The van der Waals surface area contributed by atoms with Crippen LogP contribution in [0.3, 0.4) is 0 Å². The van der Waals surface area contributed by atoms with Crippen LogP contribution in [0.4, 0.5) is 5.82 Å². The molecule has 0 spiro atoms. The third kappa shape index (κ3) is 1.62. The van der Waals surface area contributed by atoms with Gasteiger partial charge in [0.05, 0.1) is 0 Å². The van der Waals surface area contributed by atoms with Crippen molar-refractivity contribution in [1.82, 2.24) is 15.2 Å². The van der Waals surface area contributed by atoms with Crippen molar-refractivity contribution in [1.29, 1.82) is 0 Å². The van der Waals surface area contributed by atoms with Crippen LogP contribution in [-0.2, 0) is 0 Å². The molecule has 0 aliphatic heterocycles. The minimum absolute atomic E-state index is 0.418. The predicted molar refractivity (Wildman–Crippen MR) is 63.9 cm³/mol. The van der Waals surface area contributed by atoms with Crippen molar-refractivity contribution >= 4 is 5.82 Å². The molecule has 0 saturated carbocycles. The molecule has 1 aromatic heterocycles. The second-order valence-electron chi connectivity index (χ2n) is 3.87. The van der Waals surface area contributed by atoms with Crippen molar-refractivity contribution in [2.24, 2.45) is 0 Å². The predicted octanol–water partition coefficient (Wildman–Crippen LogP) is 2.05. The number of aryl methyl sites for hydroxylation is 1. The van der Waals surface area contributed by atoms with E-state index in [4.69, 9.17) is 5.73 Å². The van der Waals surface area contributed by atoms with Crippen LogP contribution in [0, 0.1) is 20.8 Å². The standard InChI is InChI=1S/C12H14N4/c1-7-4-5-10(9(3)8(7)2)11-12(13)14-6-15-16-11/h4-6H,1-3H3,(H2,13,14,15). The molecule has 4 nitrogen and oxygen atoms in total. The van der Waals surface area contributed by atoms with Crippen LogP contribution in [0.1, 0.15) is 16.7 Å². The highest BCUT2D eigenvalue weighted by atomic mass is 15.1. The summed E-state index contributed by atoms with van der Waals surface area (Å²) in [6.07, 6.45) is 1.36. The Labute approximate surface area is 94.6 Å². The highest BCUT2D eigenvalue weighted by molar-refractivity contribution is 5.73. The van der Waals surface area contributed by atoms with Gasteiger partial charge in [0.1, 0.15) is 12.0 Å². The molecular weight excluding hydrogens is 200 g/mol. The van der Waals surface area contributed by atoms with E-state index in [1.807, 2.05) is 6.07 Å². The number of nitrogen functional groups attached to an aromatic ring is 1. The van der Waals surface area contributed by atoms with E-state index in [2.05, 4.69) is 42.0 Å². The molecule has 0 bridgehead atoms. The molecule has 0 aliphatic rings. The second kappa shape index (κ2) is 3.89. The summed E-state index contributed by atoms with van der Waals surface area (Å²) in [4.78, 5) is 3.95. The maximum atomic E-state index is 5.80. The average molecular weight is 214 g/mol. The number of anilines is 1. The summed E-state index contributed by atoms with van der Waals surface area (Å²) < 4.78 is 0. The summed E-state index contributed by atoms with van der Waals surface area (Å²) in [5.41, 5.74) is 11.1. The van der Waals surface area contributed by atoms with E-state index in [-0.39, 0.29) is 0 Å². The Hall–Kier alpha value is -1.97. The Morgan fingerprint density at radius 3 is 2.50 bits per heavy atom. The van der Waals surface area contributed by atoms with Gasteiger partial charge in [-0.3, -0.25) is 0 Å². The fourth-order valence-electron chi connectivity index (χ4n) is 1.69. The SMILES string of the molecule is Cc1ccc(-c2nncnc2N)c(C)c1C. The summed E-state index contributed by atoms with van der Waals surface area (Å²) in [6, 6.07) is 4.07. The normalized spacial score (nSPS) is 10.4. The fourth-order valence-corrected chi connectivity index (χ4v) is 1.69. The van der Waals surface area contributed by atoms with Gasteiger partial charge in [0.15, 0.2) is 5.82 Å². The van der Waals surface area contributed by atoms with Crippen LogP contribution in [0.2, 0.25) is 0 Å². The van der Waals surface area contributed by atoms with E-state index in [1.165, 1.54) is 23.0 Å². The highest BCUT2D eigenvalue weighted by Gasteiger charge is 2.10. The van der Waals surface area contributed by atoms with Gasteiger partial charge in [0, 0.05) is 5.56 Å². The number of rotatable bonds is 1. The molecule has 2 N–H and O–H groups in total. The summed E-state index contributed by atoms with van der Waals surface area (Å²) in [5, 5.41) is 7.82. The van der Waals surface area contributed by atoms with E-state index in [0.29, 0.717) is 11.5 Å². The molecule has 0 radical (unpaired) electrons. The zero-order valence-corrected chi connectivity index (χ0v) is 9.65. The van der Waals surface area contributed by atoms with Gasteiger partial charge in [0.25, 0.3) is 0 Å². The molecule has 16 heavy (non-hydrogen) atoms. The molecular formula is C12H14N4. The zero-order valence-electron chi connectivity index (χ0n) is 9.65. The Morgan fingerprint density at radius 2 is 1.81 bits per heavy atom. The van der Waals surface area contributed by atoms with Gasteiger partial charge in [-0.2, -0.15) is 0 Å². The van der Waals surface area contributed by atoms with Crippen LogP contribution < -0.4 is 5.73 Å². The third-order valence-electron chi connectivity index (χ3n) is 2.96. The number of benzene rings is 1. The average Bonchev–Trinajstić information content (AvgIpc) is 2.28. The van der Waals surface area contributed by atoms with Gasteiger partial charge in [-0.15, -0.1) is 10.2 Å². The molecule has 0 fully saturated rings. The van der Waals surface area contributed by atoms with Crippen molar-refractivity contribution in [2.75, 3.05) is 5.73 Å². The lowest BCUT2D eigenvalue weighted by Crippen LogP contribution is -2.00. The number of nitrogens with two attached hydrogens (primary N) is 1.